The van der Waals surface area contributed by atoms with Crippen LogP contribution in [0.25, 0.3) is 23.3 Å². The summed E-state index contributed by atoms with van der Waals surface area (Å²) < 4.78 is 28.1. The number of rotatable bonds is 7. The van der Waals surface area contributed by atoms with Crippen molar-refractivity contribution < 1.29 is 13.5 Å². The maximum absolute atomic E-state index is 12.8. The van der Waals surface area contributed by atoms with Crippen LogP contribution in [-0.2, 0) is 16.7 Å². The second kappa shape index (κ2) is 10.2. The van der Waals surface area contributed by atoms with Gasteiger partial charge in [-0.15, -0.1) is 0 Å². The zero-order valence-electron chi connectivity index (χ0n) is 20.2. The molecule has 0 radical (unpaired) electrons. The minimum atomic E-state index is -2.12. The molecule has 180 valence electrons. The van der Waals surface area contributed by atoms with Gasteiger partial charge >= 0.3 is 0 Å². The largest absolute Gasteiger partial charge is 0.496 e. The van der Waals surface area contributed by atoms with Crippen LogP contribution in [0, 0.1) is 0 Å². The summed E-state index contributed by atoms with van der Waals surface area (Å²) >= 11 is -2.12. The zero-order chi connectivity index (χ0) is 25.0. The van der Waals surface area contributed by atoms with Gasteiger partial charge in [-0.3, -0.25) is 19.1 Å². The molecular weight excluding hydrogens is 452 g/mol. The number of aromatic amines is 1. The van der Waals surface area contributed by atoms with Gasteiger partial charge in [0.05, 0.1) is 12.7 Å². The van der Waals surface area contributed by atoms with Gasteiger partial charge in [-0.25, -0.2) is 9.19 Å². The van der Waals surface area contributed by atoms with Crippen molar-refractivity contribution in [2.24, 2.45) is 0 Å². The summed E-state index contributed by atoms with van der Waals surface area (Å²) in [6, 6.07) is 11.0. The molecule has 3 N–H and O–H groups in total. The highest BCUT2D eigenvalue weighted by Gasteiger charge is 2.23. The van der Waals surface area contributed by atoms with Gasteiger partial charge in [-0.2, -0.15) is 0 Å². The molecule has 0 amide bonds. The van der Waals surface area contributed by atoms with Crippen molar-refractivity contribution >= 4 is 35.1 Å². The maximum atomic E-state index is 12.8. The summed E-state index contributed by atoms with van der Waals surface area (Å²) in [6.07, 6.45) is 5.44. The third kappa shape index (κ3) is 5.92. The zero-order valence-corrected chi connectivity index (χ0v) is 21.0. The van der Waals surface area contributed by atoms with Gasteiger partial charge in [0.1, 0.15) is 5.75 Å². The van der Waals surface area contributed by atoms with Crippen molar-refractivity contribution in [3.63, 3.8) is 0 Å². The predicted molar refractivity (Wildman–Crippen MR) is 140 cm³/mol. The van der Waals surface area contributed by atoms with E-state index in [1.54, 1.807) is 30.3 Å². The van der Waals surface area contributed by atoms with E-state index < -0.39 is 11.3 Å². The Bertz CT molecular complexity index is 1280. The second-order valence-electron chi connectivity index (χ2n) is 9.05. The highest BCUT2D eigenvalue weighted by atomic mass is 32.2. The number of H-pyrrole nitrogens is 1. The van der Waals surface area contributed by atoms with E-state index in [0.717, 1.165) is 28.0 Å². The minimum absolute atomic E-state index is 0.219. The highest BCUT2D eigenvalue weighted by molar-refractivity contribution is 7.80. The fourth-order valence-electron chi connectivity index (χ4n) is 3.48. The molecule has 0 fully saturated rings. The van der Waals surface area contributed by atoms with Gasteiger partial charge < -0.3 is 9.64 Å². The van der Waals surface area contributed by atoms with Crippen LogP contribution in [0.2, 0.25) is 0 Å². The number of methoxy groups -OCH3 is 1. The summed E-state index contributed by atoms with van der Waals surface area (Å²) in [6.45, 7) is 6.28. The lowest BCUT2D eigenvalue weighted by Gasteiger charge is -2.24. The van der Waals surface area contributed by atoms with Crippen molar-refractivity contribution in [1.82, 2.24) is 9.97 Å². The molecule has 1 unspecified atom stereocenters. The van der Waals surface area contributed by atoms with Crippen molar-refractivity contribution in [2.75, 3.05) is 30.8 Å². The van der Waals surface area contributed by atoms with Crippen LogP contribution in [0.4, 0.5) is 11.6 Å². The van der Waals surface area contributed by atoms with Crippen LogP contribution in [0.1, 0.15) is 37.5 Å². The van der Waals surface area contributed by atoms with Gasteiger partial charge in [0.25, 0.3) is 16.8 Å². The van der Waals surface area contributed by atoms with Crippen molar-refractivity contribution in [3.05, 3.63) is 69.6 Å². The van der Waals surface area contributed by atoms with Crippen LogP contribution in [0.3, 0.4) is 0 Å². The van der Waals surface area contributed by atoms with Crippen LogP contribution in [-0.4, -0.2) is 39.9 Å². The highest BCUT2D eigenvalue weighted by Crippen LogP contribution is 2.38. The number of nitrogens with one attached hydrogen (secondary N) is 2. The quantitative estimate of drug-likeness (QED) is 0.337. The van der Waals surface area contributed by atoms with E-state index >= 15 is 0 Å². The molecule has 0 saturated carbocycles. The number of nitrogens with zero attached hydrogens (tertiary/aromatic N) is 2. The Morgan fingerprint density at radius 3 is 2.35 bits per heavy atom. The summed E-state index contributed by atoms with van der Waals surface area (Å²) in [5.41, 5.74) is 3.99. The van der Waals surface area contributed by atoms with Crippen molar-refractivity contribution in [1.29, 1.82) is 0 Å². The van der Waals surface area contributed by atoms with E-state index in [0.29, 0.717) is 17.2 Å². The molecule has 0 aliphatic carbocycles. The summed E-state index contributed by atoms with van der Waals surface area (Å²) in [4.78, 5) is 21.8. The van der Waals surface area contributed by atoms with Gasteiger partial charge in [0.2, 0.25) is 5.95 Å². The monoisotopic (exact) mass is 482 g/mol. The molecule has 0 aliphatic rings. The van der Waals surface area contributed by atoms with E-state index in [4.69, 9.17) is 9.29 Å². The van der Waals surface area contributed by atoms with E-state index in [9.17, 15) is 9.00 Å². The molecule has 1 aromatic heterocycles. The van der Waals surface area contributed by atoms with Crippen LogP contribution in [0.5, 0.6) is 5.75 Å². The summed E-state index contributed by atoms with van der Waals surface area (Å²) in [5, 5.41) is 0. The van der Waals surface area contributed by atoms with Crippen LogP contribution in [0.15, 0.2) is 47.4 Å². The van der Waals surface area contributed by atoms with Crippen LogP contribution < -0.4 is 19.9 Å². The number of ether oxygens (including phenoxy) is 1. The molecular formula is C25H30N4O4S. The first-order valence-corrected chi connectivity index (χ1v) is 11.8. The predicted octanol–water partition coefficient (Wildman–Crippen LogP) is 4.53. The van der Waals surface area contributed by atoms with Gasteiger partial charge in [0.15, 0.2) is 0 Å². The lowest BCUT2D eigenvalue weighted by atomic mass is 9.83. The lowest BCUT2D eigenvalue weighted by Crippen LogP contribution is -2.20. The van der Waals surface area contributed by atoms with E-state index in [-0.39, 0.29) is 11.0 Å². The molecule has 1 heterocycles. The molecule has 0 saturated heterocycles. The maximum Gasteiger partial charge on any atom is 0.260 e. The molecule has 0 aliphatic heterocycles. The molecule has 0 spiro atoms. The van der Waals surface area contributed by atoms with Crippen LogP contribution >= 0.6 is 0 Å². The standard InChI is InChI=1S/C25H30N4O4S/c1-25(2,3)21-14-18(20-15-26-24(29(4)5)27-23(20)30)13-17(22(21)33-6)10-7-16-8-11-19(12-9-16)28-34(31)32/h7-15,28H,1-6H3,(H,31,32)(H,26,27,30). The molecule has 9 heteroatoms. The Labute approximate surface area is 202 Å². The number of hydrogen-bond donors (Lipinski definition) is 3. The Morgan fingerprint density at radius 1 is 1.15 bits per heavy atom. The Morgan fingerprint density at radius 2 is 1.82 bits per heavy atom. The van der Waals surface area contributed by atoms with Gasteiger partial charge in [-0.1, -0.05) is 45.1 Å². The number of benzene rings is 2. The molecule has 3 rings (SSSR count). The number of anilines is 2. The topological polar surface area (TPSA) is 108 Å². The molecule has 1 atom stereocenters. The Hall–Kier alpha value is -3.43. The minimum Gasteiger partial charge on any atom is -0.496 e. The average Bonchev–Trinajstić information content (AvgIpc) is 2.76. The molecule has 3 aromatic rings. The average molecular weight is 483 g/mol. The van der Waals surface area contributed by atoms with E-state index in [2.05, 4.69) is 35.5 Å². The smallest absolute Gasteiger partial charge is 0.260 e. The normalized spacial score (nSPS) is 12.6. The van der Waals surface area contributed by atoms with E-state index in [1.165, 1.54) is 0 Å². The third-order valence-corrected chi connectivity index (χ3v) is 5.63. The Balaban J connectivity index is 2.10. The second-order valence-corrected chi connectivity index (χ2v) is 9.75. The first-order valence-electron chi connectivity index (χ1n) is 10.6. The lowest BCUT2D eigenvalue weighted by molar-refractivity contribution is 0.397. The van der Waals surface area contributed by atoms with Crippen molar-refractivity contribution in [3.8, 4) is 16.9 Å². The summed E-state index contributed by atoms with van der Waals surface area (Å²) in [5.74, 6) is 1.22. The Kier molecular flexibility index (Phi) is 7.58. The van der Waals surface area contributed by atoms with Crippen molar-refractivity contribution in [2.45, 2.75) is 26.2 Å². The first-order chi connectivity index (χ1) is 16.0. The molecule has 0 bridgehead atoms. The number of aromatic nitrogens is 2. The molecule has 8 nitrogen and oxygen atoms in total. The molecule has 34 heavy (non-hydrogen) atoms. The summed E-state index contributed by atoms with van der Waals surface area (Å²) in [7, 11) is 5.27. The fraction of sp³-hybridized carbons (Fsp3) is 0.280. The number of hydrogen-bond acceptors (Lipinski definition) is 5. The fourth-order valence-corrected chi connectivity index (χ4v) is 3.82. The first kappa shape index (κ1) is 25.2. The van der Waals surface area contributed by atoms with Gasteiger partial charge in [0, 0.05) is 37.1 Å². The molecule has 2 aromatic carbocycles. The van der Waals surface area contributed by atoms with E-state index in [1.807, 2.05) is 50.5 Å². The van der Waals surface area contributed by atoms with Gasteiger partial charge in [-0.05, 0) is 40.8 Å². The SMILES string of the molecule is COc1c(C=Cc2ccc(NS(=O)O)cc2)cc(-c2cnc(N(C)C)[nH]c2=O)cc1C(C)(C)C. The third-order valence-electron chi connectivity index (χ3n) is 5.22.